The maximum atomic E-state index is 12.1. The summed E-state index contributed by atoms with van der Waals surface area (Å²) in [5, 5.41) is 6.70. The average Bonchev–Trinajstić information content (AvgIpc) is 2.67. The molecule has 28 heavy (non-hydrogen) atoms. The number of para-hydroxylation sites is 1. The topological polar surface area (TPSA) is 79.8 Å². The van der Waals surface area contributed by atoms with Gasteiger partial charge in [-0.2, -0.15) is 5.10 Å². The van der Waals surface area contributed by atoms with E-state index in [1.54, 1.807) is 0 Å². The lowest BCUT2D eigenvalue weighted by Gasteiger charge is -2.09. The highest BCUT2D eigenvalue weighted by Gasteiger charge is 2.10. The number of halogens is 1. The molecule has 2 aromatic carbocycles. The lowest BCUT2D eigenvalue weighted by atomic mass is 10.1. The Hall–Kier alpha value is -2.67. The highest BCUT2D eigenvalue weighted by molar-refractivity contribution is 9.10. The van der Waals surface area contributed by atoms with Crippen LogP contribution in [0.2, 0.25) is 0 Å². The van der Waals surface area contributed by atoms with Gasteiger partial charge in [0.2, 0.25) is 11.8 Å². The Labute approximate surface area is 173 Å². The standard InChI is InChI=1S/C21H24BrN3O3/c1-3-11-28-19-10-9-17(22)12-16(19)14-23-25-21(27)13-20(26)24-18-8-6-5-7-15(18)4-2/h5-10,12,14H,3-4,11,13H2,1-2H3,(H,24,26)(H,25,27). The number of carbonyl (C=O) groups excluding carboxylic acids is 2. The van der Waals surface area contributed by atoms with E-state index in [2.05, 4.69) is 31.8 Å². The molecule has 0 radical (unpaired) electrons. The predicted octanol–water partition coefficient (Wildman–Crippen LogP) is 4.28. The van der Waals surface area contributed by atoms with Crippen LogP contribution in [0.5, 0.6) is 5.75 Å². The first kappa shape index (κ1) is 21.6. The lowest BCUT2D eigenvalue weighted by Crippen LogP contribution is -2.25. The van der Waals surface area contributed by atoms with E-state index >= 15 is 0 Å². The minimum atomic E-state index is -0.492. The first-order valence-corrected chi connectivity index (χ1v) is 9.94. The zero-order valence-corrected chi connectivity index (χ0v) is 17.6. The largest absolute Gasteiger partial charge is 0.493 e. The van der Waals surface area contributed by atoms with Gasteiger partial charge in [0.1, 0.15) is 12.2 Å². The molecule has 2 N–H and O–H groups in total. The van der Waals surface area contributed by atoms with Crippen molar-refractivity contribution in [1.29, 1.82) is 0 Å². The number of hydrogen-bond donors (Lipinski definition) is 2. The highest BCUT2D eigenvalue weighted by atomic mass is 79.9. The van der Waals surface area contributed by atoms with E-state index in [0.717, 1.165) is 34.1 Å². The Morgan fingerprint density at radius 1 is 1.14 bits per heavy atom. The number of hydrogen-bond acceptors (Lipinski definition) is 4. The van der Waals surface area contributed by atoms with Gasteiger partial charge >= 0.3 is 0 Å². The third-order valence-electron chi connectivity index (χ3n) is 3.82. The molecule has 0 bridgehead atoms. The molecule has 2 aromatic rings. The molecule has 0 fully saturated rings. The van der Waals surface area contributed by atoms with Crippen LogP contribution >= 0.6 is 15.9 Å². The number of amides is 2. The zero-order chi connectivity index (χ0) is 20.4. The van der Waals surface area contributed by atoms with Crippen LogP contribution in [-0.4, -0.2) is 24.6 Å². The van der Waals surface area contributed by atoms with Crippen molar-refractivity contribution in [2.24, 2.45) is 5.10 Å². The van der Waals surface area contributed by atoms with Crippen LogP contribution in [-0.2, 0) is 16.0 Å². The summed E-state index contributed by atoms with van der Waals surface area (Å²) in [5.74, 6) is -0.200. The fourth-order valence-corrected chi connectivity index (χ4v) is 2.85. The van der Waals surface area contributed by atoms with Crippen molar-refractivity contribution in [3.8, 4) is 5.75 Å². The Morgan fingerprint density at radius 3 is 2.68 bits per heavy atom. The molecule has 148 valence electrons. The summed E-state index contributed by atoms with van der Waals surface area (Å²) in [4.78, 5) is 24.1. The number of anilines is 1. The number of nitrogens with one attached hydrogen (secondary N) is 2. The second-order valence-electron chi connectivity index (χ2n) is 6.06. The van der Waals surface area contributed by atoms with Crippen LogP contribution in [0.15, 0.2) is 52.0 Å². The number of rotatable bonds is 9. The summed E-state index contributed by atoms with van der Waals surface area (Å²) in [6.45, 7) is 4.62. The number of carbonyl (C=O) groups is 2. The smallest absolute Gasteiger partial charge is 0.249 e. The van der Waals surface area contributed by atoms with E-state index in [-0.39, 0.29) is 12.3 Å². The van der Waals surface area contributed by atoms with Crippen LogP contribution in [0.4, 0.5) is 5.69 Å². The highest BCUT2D eigenvalue weighted by Crippen LogP contribution is 2.22. The van der Waals surface area contributed by atoms with Crippen molar-refractivity contribution in [2.75, 3.05) is 11.9 Å². The number of aryl methyl sites for hydroxylation is 1. The molecule has 6 nitrogen and oxygen atoms in total. The minimum Gasteiger partial charge on any atom is -0.493 e. The third-order valence-corrected chi connectivity index (χ3v) is 4.31. The van der Waals surface area contributed by atoms with Gasteiger partial charge in [-0.3, -0.25) is 9.59 Å². The molecule has 0 aliphatic carbocycles. The van der Waals surface area contributed by atoms with Gasteiger partial charge in [0, 0.05) is 15.7 Å². The Kier molecular flexibility index (Phi) is 8.68. The Morgan fingerprint density at radius 2 is 1.93 bits per heavy atom. The van der Waals surface area contributed by atoms with Gasteiger partial charge in [0.25, 0.3) is 0 Å². The van der Waals surface area contributed by atoms with E-state index < -0.39 is 5.91 Å². The van der Waals surface area contributed by atoms with Gasteiger partial charge in [0.05, 0.1) is 12.8 Å². The summed E-state index contributed by atoms with van der Waals surface area (Å²) in [6.07, 6.45) is 2.87. The average molecular weight is 446 g/mol. The predicted molar refractivity (Wildman–Crippen MR) is 115 cm³/mol. The molecule has 0 aliphatic heterocycles. The van der Waals surface area contributed by atoms with Gasteiger partial charge in [-0.25, -0.2) is 5.43 Å². The monoisotopic (exact) mass is 445 g/mol. The van der Waals surface area contributed by atoms with Gasteiger partial charge in [-0.15, -0.1) is 0 Å². The van der Waals surface area contributed by atoms with Gasteiger partial charge < -0.3 is 10.1 Å². The molecule has 2 amide bonds. The fourth-order valence-electron chi connectivity index (χ4n) is 2.47. The summed E-state index contributed by atoms with van der Waals surface area (Å²) in [6, 6.07) is 13.1. The first-order chi connectivity index (χ1) is 13.5. The van der Waals surface area contributed by atoms with E-state index in [4.69, 9.17) is 4.74 Å². The Balaban J connectivity index is 1.91. The maximum Gasteiger partial charge on any atom is 0.249 e. The molecule has 2 rings (SSSR count). The zero-order valence-electron chi connectivity index (χ0n) is 16.0. The maximum absolute atomic E-state index is 12.1. The SMILES string of the molecule is CCCOc1ccc(Br)cc1C=NNC(=O)CC(=O)Nc1ccccc1CC. The summed E-state index contributed by atoms with van der Waals surface area (Å²) in [7, 11) is 0. The number of nitrogens with zero attached hydrogens (tertiary/aromatic N) is 1. The molecular weight excluding hydrogens is 422 g/mol. The number of ether oxygens (including phenoxy) is 1. The molecule has 0 spiro atoms. The molecule has 0 unspecified atom stereocenters. The lowest BCUT2D eigenvalue weighted by molar-refractivity contribution is -0.126. The van der Waals surface area contributed by atoms with Crippen LogP contribution < -0.4 is 15.5 Å². The van der Waals surface area contributed by atoms with Gasteiger partial charge in [0.15, 0.2) is 0 Å². The number of benzene rings is 2. The van der Waals surface area contributed by atoms with Crippen LogP contribution in [0, 0.1) is 0 Å². The Bertz CT molecular complexity index is 853. The van der Waals surface area contributed by atoms with E-state index in [9.17, 15) is 9.59 Å². The van der Waals surface area contributed by atoms with Crippen molar-refractivity contribution in [1.82, 2.24) is 5.43 Å². The summed E-state index contributed by atoms with van der Waals surface area (Å²) < 4.78 is 6.54. The fraction of sp³-hybridized carbons (Fsp3) is 0.286. The molecule has 0 saturated heterocycles. The van der Waals surface area contributed by atoms with Gasteiger partial charge in [-0.05, 0) is 42.7 Å². The van der Waals surface area contributed by atoms with Crippen molar-refractivity contribution in [2.45, 2.75) is 33.1 Å². The number of hydrazone groups is 1. The van der Waals surface area contributed by atoms with Gasteiger partial charge in [-0.1, -0.05) is 48.0 Å². The van der Waals surface area contributed by atoms with Crippen LogP contribution in [0.25, 0.3) is 0 Å². The summed E-state index contributed by atoms with van der Waals surface area (Å²) >= 11 is 3.40. The van der Waals surface area contributed by atoms with Crippen LogP contribution in [0.3, 0.4) is 0 Å². The van der Waals surface area contributed by atoms with E-state index in [0.29, 0.717) is 12.4 Å². The first-order valence-electron chi connectivity index (χ1n) is 9.15. The minimum absolute atomic E-state index is 0.312. The second kappa shape index (κ2) is 11.2. The molecule has 7 heteroatoms. The van der Waals surface area contributed by atoms with E-state index in [1.165, 1.54) is 6.21 Å². The van der Waals surface area contributed by atoms with Crippen molar-refractivity contribution in [3.05, 3.63) is 58.1 Å². The van der Waals surface area contributed by atoms with Crippen molar-refractivity contribution >= 4 is 39.6 Å². The third kappa shape index (κ3) is 6.81. The van der Waals surface area contributed by atoms with E-state index in [1.807, 2.05) is 56.3 Å². The van der Waals surface area contributed by atoms with Crippen molar-refractivity contribution < 1.29 is 14.3 Å². The molecular formula is C21H24BrN3O3. The molecule has 0 aliphatic rings. The van der Waals surface area contributed by atoms with Crippen molar-refractivity contribution in [3.63, 3.8) is 0 Å². The molecule has 0 heterocycles. The second-order valence-corrected chi connectivity index (χ2v) is 6.98. The molecule has 0 saturated carbocycles. The molecule has 0 atom stereocenters. The van der Waals surface area contributed by atoms with Crippen LogP contribution in [0.1, 0.15) is 37.8 Å². The normalized spacial score (nSPS) is 10.7. The molecule has 0 aromatic heterocycles. The summed E-state index contributed by atoms with van der Waals surface area (Å²) in [5.41, 5.74) is 4.84. The quantitative estimate of drug-likeness (QED) is 0.343.